The van der Waals surface area contributed by atoms with Crippen LogP contribution in [-0.4, -0.2) is 73.1 Å². The van der Waals surface area contributed by atoms with Gasteiger partial charge in [0.25, 0.3) is 0 Å². The van der Waals surface area contributed by atoms with E-state index in [2.05, 4.69) is 38.8 Å². The van der Waals surface area contributed by atoms with E-state index in [0.29, 0.717) is 5.82 Å². The predicted octanol–water partition coefficient (Wildman–Crippen LogP) is 0.299. The zero-order valence-electron chi connectivity index (χ0n) is 11.0. The topological polar surface area (TPSA) is 35.5 Å². The Kier molecular flexibility index (Phi) is 4.43. The largest absolute Gasteiger partial charge is 0.354 e. The summed E-state index contributed by atoms with van der Waals surface area (Å²) in [5.41, 5.74) is 0. The Balaban J connectivity index is 1.83. The highest BCUT2D eigenvalue weighted by molar-refractivity contribution is 5.37. The molecule has 1 fully saturated rings. The van der Waals surface area contributed by atoms with Crippen molar-refractivity contribution >= 4 is 5.82 Å². The molecule has 2 heterocycles. The number of halogens is 1. The standard InChI is InChI=1S/C12H20FN5/c1-16(2)3-4-17-5-7-18(8-6-17)12-9-11(13)14-10-15-12/h9-10H,3-8H2,1-2H3. The summed E-state index contributed by atoms with van der Waals surface area (Å²) in [6.45, 7) is 5.94. The van der Waals surface area contributed by atoms with Crippen molar-refractivity contribution in [2.75, 3.05) is 58.3 Å². The third kappa shape index (κ3) is 3.61. The Morgan fingerprint density at radius 3 is 2.56 bits per heavy atom. The lowest BCUT2D eigenvalue weighted by Gasteiger charge is -2.35. The van der Waals surface area contributed by atoms with E-state index in [1.54, 1.807) is 0 Å². The summed E-state index contributed by atoms with van der Waals surface area (Å²) in [7, 11) is 4.17. The minimum Gasteiger partial charge on any atom is -0.354 e. The molecule has 0 spiro atoms. The van der Waals surface area contributed by atoms with Crippen LogP contribution in [0.25, 0.3) is 0 Å². The molecule has 0 aromatic carbocycles. The second-order valence-electron chi connectivity index (χ2n) is 4.83. The van der Waals surface area contributed by atoms with Crippen LogP contribution in [0.15, 0.2) is 12.4 Å². The molecule has 1 saturated heterocycles. The highest BCUT2D eigenvalue weighted by Gasteiger charge is 2.18. The van der Waals surface area contributed by atoms with Gasteiger partial charge in [0.15, 0.2) is 0 Å². The molecule has 100 valence electrons. The molecular weight excluding hydrogens is 233 g/mol. The van der Waals surface area contributed by atoms with E-state index < -0.39 is 5.95 Å². The number of piperazine rings is 1. The number of likely N-dealkylation sites (N-methyl/N-ethyl adjacent to an activating group) is 1. The Morgan fingerprint density at radius 2 is 1.94 bits per heavy atom. The summed E-state index contributed by atoms with van der Waals surface area (Å²) in [4.78, 5) is 14.3. The maximum absolute atomic E-state index is 13.0. The zero-order valence-corrected chi connectivity index (χ0v) is 11.0. The molecule has 6 heteroatoms. The number of hydrogen-bond acceptors (Lipinski definition) is 5. The number of hydrogen-bond donors (Lipinski definition) is 0. The number of anilines is 1. The van der Waals surface area contributed by atoms with Crippen LogP contribution in [0.4, 0.5) is 10.2 Å². The molecule has 0 atom stereocenters. The lowest BCUT2D eigenvalue weighted by molar-refractivity contribution is 0.229. The average Bonchev–Trinajstić information content (AvgIpc) is 2.37. The van der Waals surface area contributed by atoms with Crippen LogP contribution >= 0.6 is 0 Å². The molecule has 1 aromatic rings. The smallest absolute Gasteiger partial charge is 0.218 e. The van der Waals surface area contributed by atoms with Crippen LogP contribution in [0.2, 0.25) is 0 Å². The first-order valence-corrected chi connectivity index (χ1v) is 6.25. The number of rotatable bonds is 4. The van der Waals surface area contributed by atoms with Crippen LogP contribution in [0.3, 0.4) is 0 Å². The van der Waals surface area contributed by atoms with Crippen molar-refractivity contribution in [1.82, 2.24) is 19.8 Å². The lowest BCUT2D eigenvalue weighted by atomic mass is 10.3. The van der Waals surface area contributed by atoms with Gasteiger partial charge in [-0.1, -0.05) is 0 Å². The van der Waals surface area contributed by atoms with Gasteiger partial charge in [0.1, 0.15) is 12.1 Å². The molecule has 0 amide bonds. The summed E-state index contributed by atoms with van der Waals surface area (Å²) in [6.07, 6.45) is 1.28. The second kappa shape index (κ2) is 6.06. The molecule has 2 rings (SSSR count). The Labute approximate surface area is 107 Å². The van der Waals surface area contributed by atoms with Crippen LogP contribution in [0.5, 0.6) is 0 Å². The van der Waals surface area contributed by atoms with Crippen molar-refractivity contribution in [2.45, 2.75) is 0 Å². The zero-order chi connectivity index (χ0) is 13.0. The number of aromatic nitrogens is 2. The summed E-state index contributed by atoms with van der Waals surface area (Å²) in [5.74, 6) is 0.227. The molecule has 0 aliphatic carbocycles. The van der Waals surface area contributed by atoms with E-state index in [-0.39, 0.29) is 0 Å². The Morgan fingerprint density at radius 1 is 1.22 bits per heavy atom. The molecule has 18 heavy (non-hydrogen) atoms. The molecule has 5 nitrogen and oxygen atoms in total. The van der Waals surface area contributed by atoms with Gasteiger partial charge < -0.3 is 9.80 Å². The minimum atomic E-state index is -0.463. The lowest BCUT2D eigenvalue weighted by Crippen LogP contribution is -2.48. The first kappa shape index (κ1) is 13.2. The maximum atomic E-state index is 13.0. The van der Waals surface area contributed by atoms with Gasteiger partial charge in [-0.2, -0.15) is 4.39 Å². The summed E-state index contributed by atoms with van der Waals surface area (Å²) in [6, 6.07) is 1.40. The van der Waals surface area contributed by atoms with Gasteiger partial charge in [-0.05, 0) is 14.1 Å². The van der Waals surface area contributed by atoms with Crippen molar-refractivity contribution in [3.05, 3.63) is 18.3 Å². The summed E-state index contributed by atoms with van der Waals surface area (Å²) in [5, 5.41) is 0. The van der Waals surface area contributed by atoms with Crippen molar-refractivity contribution in [1.29, 1.82) is 0 Å². The normalized spacial score (nSPS) is 17.4. The Bertz CT molecular complexity index is 376. The molecule has 1 aliphatic heterocycles. The highest BCUT2D eigenvalue weighted by atomic mass is 19.1. The molecule has 1 aromatic heterocycles. The van der Waals surface area contributed by atoms with Gasteiger partial charge in [0, 0.05) is 45.3 Å². The van der Waals surface area contributed by atoms with Crippen molar-refractivity contribution in [3.8, 4) is 0 Å². The monoisotopic (exact) mass is 253 g/mol. The quantitative estimate of drug-likeness (QED) is 0.721. The van der Waals surface area contributed by atoms with Crippen LogP contribution in [-0.2, 0) is 0 Å². The SMILES string of the molecule is CN(C)CCN1CCN(c2cc(F)ncn2)CC1. The molecule has 0 saturated carbocycles. The van der Waals surface area contributed by atoms with E-state index in [1.807, 2.05) is 0 Å². The predicted molar refractivity (Wildman–Crippen MR) is 69.2 cm³/mol. The maximum Gasteiger partial charge on any atom is 0.218 e. The van der Waals surface area contributed by atoms with E-state index >= 15 is 0 Å². The van der Waals surface area contributed by atoms with Crippen LogP contribution < -0.4 is 4.90 Å². The summed E-state index contributed by atoms with van der Waals surface area (Å²) < 4.78 is 13.0. The first-order chi connectivity index (χ1) is 8.65. The highest BCUT2D eigenvalue weighted by Crippen LogP contribution is 2.13. The fourth-order valence-electron chi connectivity index (χ4n) is 2.04. The molecule has 0 radical (unpaired) electrons. The van der Waals surface area contributed by atoms with E-state index in [0.717, 1.165) is 39.3 Å². The minimum absolute atomic E-state index is 0.463. The molecule has 0 N–H and O–H groups in total. The Hall–Kier alpha value is -1.27. The summed E-state index contributed by atoms with van der Waals surface area (Å²) >= 11 is 0. The van der Waals surface area contributed by atoms with Crippen LogP contribution in [0.1, 0.15) is 0 Å². The van der Waals surface area contributed by atoms with E-state index in [9.17, 15) is 4.39 Å². The average molecular weight is 253 g/mol. The van der Waals surface area contributed by atoms with Crippen molar-refractivity contribution in [2.24, 2.45) is 0 Å². The van der Waals surface area contributed by atoms with Gasteiger partial charge in [-0.3, -0.25) is 4.90 Å². The molecule has 1 aliphatic rings. The van der Waals surface area contributed by atoms with Gasteiger partial charge in [0.2, 0.25) is 5.95 Å². The van der Waals surface area contributed by atoms with Crippen molar-refractivity contribution in [3.63, 3.8) is 0 Å². The van der Waals surface area contributed by atoms with Gasteiger partial charge in [0.05, 0.1) is 0 Å². The molecular formula is C12H20FN5. The van der Waals surface area contributed by atoms with Gasteiger partial charge in [-0.25, -0.2) is 9.97 Å². The van der Waals surface area contributed by atoms with Gasteiger partial charge >= 0.3 is 0 Å². The van der Waals surface area contributed by atoms with Crippen LogP contribution in [0, 0.1) is 5.95 Å². The molecule has 0 bridgehead atoms. The van der Waals surface area contributed by atoms with E-state index in [4.69, 9.17) is 0 Å². The third-order valence-electron chi connectivity index (χ3n) is 3.18. The number of nitrogens with zero attached hydrogens (tertiary/aromatic N) is 5. The fourth-order valence-corrected chi connectivity index (χ4v) is 2.04. The van der Waals surface area contributed by atoms with Crippen molar-refractivity contribution < 1.29 is 4.39 Å². The third-order valence-corrected chi connectivity index (χ3v) is 3.18. The second-order valence-corrected chi connectivity index (χ2v) is 4.83. The fraction of sp³-hybridized carbons (Fsp3) is 0.667. The van der Waals surface area contributed by atoms with E-state index in [1.165, 1.54) is 12.4 Å². The first-order valence-electron chi connectivity index (χ1n) is 6.25. The van der Waals surface area contributed by atoms with Gasteiger partial charge in [-0.15, -0.1) is 0 Å². The molecule has 0 unspecified atom stereocenters.